The van der Waals surface area contributed by atoms with E-state index in [4.69, 9.17) is 4.74 Å². The van der Waals surface area contributed by atoms with Crippen LogP contribution < -0.4 is 4.74 Å². The quantitative estimate of drug-likeness (QED) is 0.933. The monoisotopic (exact) mass is 272 g/mol. The van der Waals surface area contributed by atoms with Crippen LogP contribution in [0.3, 0.4) is 0 Å². The molecule has 1 N–H and O–H groups in total. The zero-order valence-electron chi connectivity index (χ0n) is 12.1. The summed E-state index contributed by atoms with van der Waals surface area (Å²) in [6.07, 6.45) is 2.91. The Kier molecular flexibility index (Phi) is 3.05. The van der Waals surface area contributed by atoms with Gasteiger partial charge in [-0.05, 0) is 25.0 Å². The Labute approximate surface area is 119 Å². The molecule has 1 aromatic carbocycles. The van der Waals surface area contributed by atoms with Crippen molar-refractivity contribution in [3.8, 4) is 5.75 Å². The molecule has 0 unspecified atom stereocenters. The van der Waals surface area contributed by atoms with Gasteiger partial charge in [-0.3, -0.25) is 4.68 Å². The smallest absolute Gasteiger partial charge is 0.162 e. The van der Waals surface area contributed by atoms with Gasteiger partial charge in [0.15, 0.2) is 5.75 Å². The van der Waals surface area contributed by atoms with Crippen molar-refractivity contribution >= 4 is 0 Å². The van der Waals surface area contributed by atoms with Gasteiger partial charge in [0.25, 0.3) is 0 Å². The molecule has 0 bridgehead atoms. The molecule has 4 nitrogen and oxygen atoms in total. The maximum Gasteiger partial charge on any atom is 0.162 e. The molecule has 20 heavy (non-hydrogen) atoms. The molecule has 0 saturated carbocycles. The number of hydrogen-bond acceptors (Lipinski definition) is 3. The minimum absolute atomic E-state index is 0.182. The van der Waals surface area contributed by atoms with E-state index in [9.17, 15) is 5.11 Å². The summed E-state index contributed by atoms with van der Waals surface area (Å²) in [6, 6.07) is 8.37. The Balaban J connectivity index is 2.08. The van der Waals surface area contributed by atoms with Crippen LogP contribution in [0.1, 0.15) is 36.7 Å². The lowest BCUT2D eigenvalue weighted by Gasteiger charge is -2.26. The molecule has 0 amide bonds. The van der Waals surface area contributed by atoms with Crippen molar-refractivity contribution in [1.82, 2.24) is 9.78 Å². The van der Waals surface area contributed by atoms with Gasteiger partial charge in [0.05, 0.1) is 13.3 Å². The minimum Gasteiger partial charge on any atom is -0.493 e. The topological polar surface area (TPSA) is 47.3 Å². The first-order valence-corrected chi connectivity index (χ1v) is 6.96. The summed E-state index contributed by atoms with van der Waals surface area (Å²) in [7, 11) is 1.62. The van der Waals surface area contributed by atoms with Crippen molar-refractivity contribution in [1.29, 1.82) is 0 Å². The molecule has 4 heteroatoms. The fourth-order valence-corrected chi connectivity index (χ4v) is 3.09. The Hall–Kier alpha value is -1.81. The van der Waals surface area contributed by atoms with Crippen LogP contribution in [0.5, 0.6) is 5.75 Å². The lowest BCUT2D eigenvalue weighted by Crippen LogP contribution is -2.31. The summed E-state index contributed by atoms with van der Waals surface area (Å²) in [5, 5.41) is 15.5. The second kappa shape index (κ2) is 4.63. The zero-order chi connectivity index (χ0) is 14.3. The number of methoxy groups -OCH3 is 1. The number of hydrogen-bond donors (Lipinski definition) is 1. The number of ether oxygens (including phenoxy) is 1. The Morgan fingerprint density at radius 1 is 1.25 bits per heavy atom. The van der Waals surface area contributed by atoms with Gasteiger partial charge >= 0.3 is 0 Å². The number of benzene rings is 1. The van der Waals surface area contributed by atoms with Gasteiger partial charge in [-0.1, -0.05) is 24.3 Å². The van der Waals surface area contributed by atoms with E-state index in [1.54, 1.807) is 13.3 Å². The normalized spacial score (nSPS) is 16.4. The molecule has 106 valence electrons. The van der Waals surface area contributed by atoms with E-state index in [1.807, 2.05) is 16.8 Å². The summed E-state index contributed by atoms with van der Waals surface area (Å²) in [5.41, 5.74) is 2.25. The van der Waals surface area contributed by atoms with Crippen LogP contribution in [0.15, 0.2) is 30.5 Å². The lowest BCUT2D eigenvalue weighted by atomic mass is 9.95. The average Bonchev–Trinajstić information content (AvgIpc) is 2.98. The molecule has 0 radical (unpaired) electrons. The summed E-state index contributed by atoms with van der Waals surface area (Å²) in [6.45, 7) is 4.11. The van der Waals surface area contributed by atoms with Crippen LogP contribution >= 0.6 is 0 Å². The predicted molar refractivity (Wildman–Crippen MR) is 76.9 cm³/mol. The van der Waals surface area contributed by atoms with E-state index >= 15 is 0 Å². The van der Waals surface area contributed by atoms with Gasteiger partial charge < -0.3 is 9.84 Å². The molecule has 1 aliphatic carbocycles. The molecule has 1 aliphatic rings. The van der Waals surface area contributed by atoms with Crippen LogP contribution in [-0.2, 0) is 18.4 Å². The van der Waals surface area contributed by atoms with Crippen molar-refractivity contribution in [2.45, 2.75) is 38.3 Å². The third kappa shape index (κ3) is 1.91. The molecular formula is C16H20N2O2. The van der Waals surface area contributed by atoms with E-state index in [-0.39, 0.29) is 6.04 Å². The van der Waals surface area contributed by atoms with E-state index < -0.39 is 5.60 Å². The van der Waals surface area contributed by atoms with Crippen molar-refractivity contribution < 1.29 is 9.84 Å². The maximum atomic E-state index is 11.2. The maximum absolute atomic E-state index is 11.2. The SMILES string of the molecule is COc1cnn(C(C)C)c1C1(O)Cc2ccccc2C1. The summed E-state index contributed by atoms with van der Waals surface area (Å²) >= 11 is 0. The molecule has 0 fully saturated rings. The second-order valence-electron chi connectivity index (χ2n) is 5.75. The highest BCUT2D eigenvalue weighted by molar-refractivity contribution is 5.42. The van der Waals surface area contributed by atoms with E-state index in [0.29, 0.717) is 18.6 Å². The van der Waals surface area contributed by atoms with E-state index in [0.717, 1.165) is 5.69 Å². The molecule has 1 heterocycles. The van der Waals surface area contributed by atoms with E-state index in [2.05, 4.69) is 31.1 Å². The number of aromatic nitrogens is 2. The highest BCUT2D eigenvalue weighted by Crippen LogP contribution is 2.42. The predicted octanol–water partition coefficient (Wildman–Crippen LogP) is 2.46. The van der Waals surface area contributed by atoms with Crippen LogP contribution in [0.2, 0.25) is 0 Å². The molecular weight excluding hydrogens is 252 g/mol. The molecule has 3 rings (SSSR count). The number of rotatable bonds is 3. The first kappa shape index (κ1) is 13.2. The fourth-order valence-electron chi connectivity index (χ4n) is 3.09. The Morgan fingerprint density at radius 3 is 2.35 bits per heavy atom. The molecule has 1 aromatic heterocycles. The van der Waals surface area contributed by atoms with Crippen LogP contribution in [-0.4, -0.2) is 22.0 Å². The van der Waals surface area contributed by atoms with Gasteiger partial charge in [-0.2, -0.15) is 5.10 Å². The summed E-state index contributed by atoms with van der Waals surface area (Å²) in [5.74, 6) is 0.661. The lowest BCUT2D eigenvalue weighted by molar-refractivity contribution is 0.0349. The third-order valence-corrected chi connectivity index (χ3v) is 4.00. The number of aliphatic hydroxyl groups is 1. The molecule has 0 atom stereocenters. The molecule has 2 aromatic rings. The van der Waals surface area contributed by atoms with Crippen LogP contribution in [0.25, 0.3) is 0 Å². The second-order valence-corrected chi connectivity index (χ2v) is 5.75. The van der Waals surface area contributed by atoms with Gasteiger partial charge in [-0.25, -0.2) is 0 Å². The van der Waals surface area contributed by atoms with Crippen molar-refractivity contribution in [2.24, 2.45) is 0 Å². The van der Waals surface area contributed by atoms with Gasteiger partial charge in [0.1, 0.15) is 11.3 Å². The van der Waals surface area contributed by atoms with Gasteiger partial charge in [-0.15, -0.1) is 0 Å². The van der Waals surface area contributed by atoms with Crippen LogP contribution in [0, 0.1) is 0 Å². The first-order chi connectivity index (χ1) is 9.55. The summed E-state index contributed by atoms with van der Waals surface area (Å²) < 4.78 is 7.28. The Bertz CT molecular complexity index is 606. The third-order valence-electron chi connectivity index (χ3n) is 4.00. The van der Waals surface area contributed by atoms with Crippen LogP contribution in [0.4, 0.5) is 0 Å². The standard InChI is InChI=1S/C16H20N2O2/c1-11(2)18-15(14(20-3)10-17-18)16(19)8-12-6-4-5-7-13(12)9-16/h4-7,10-11,19H,8-9H2,1-3H3. The van der Waals surface area contributed by atoms with E-state index in [1.165, 1.54) is 11.1 Å². The van der Waals surface area contributed by atoms with Gasteiger partial charge in [0.2, 0.25) is 0 Å². The number of nitrogens with zero attached hydrogens (tertiary/aromatic N) is 2. The molecule has 0 saturated heterocycles. The van der Waals surface area contributed by atoms with Crippen molar-refractivity contribution in [3.05, 3.63) is 47.3 Å². The van der Waals surface area contributed by atoms with Crippen molar-refractivity contribution in [3.63, 3.8) is 0 Å². The highest BCUT2D eigenvalue weighted by Gasteiger charge is 2.42. The molecule has 0 spiro atoms. The number of fused-ring (bicyclic) bond motifs is 1. The highest BCUT2D eigenvalue weighted by atomic mass is 16.5. The Morgan fingerprint density at radius 2 is 1.85 bits per heavy atom. The van der Waals surface area contributed by atoms with Gasteiger partial charge in [0, 0.05) is 18.9 Å². The average molecular weight is 272 g/mol. The fraction of sp³-hybridized carbons (Fsp3) is 0.438. The van der Waals surface area contributed by atoms with Crippen molar-refractivity contribution in [2.75, 3.05) is 7.11 Å². The largest absolute Gasteiger partial charge is 0.493 e. The minimum atomic E-state index is -0.935. The summed E-state index contributed by atoms with van der Waals surface area (Å²) in [4.78, 5) is 0. The molecule has 0 aliphatic heterocycles. The first-order valence-electron chi connectivity index (χ1n) is 6.96. The zero-order valence-corrected chi connectivity index (χ0v) is 12.1.